The molecule has 4 N–H and O–H groups in total. The molecule has 2 amide bonds. The Morgan fingerprint density at radius 1 is 0.854 bits per heavy atom. The van der Waals surface area contributed by atoms with Gasteiger partial charge in [-0.1, -0.05) is 42.5 Å². The number of H-pyrrole nitrogens is 1. The van der Waals surface area contributed by atoms with Gasteiger partial charge < -0.3 is 20.7 Å². The lowest BCUT2D eigenvalue weighted by atomic mass is 10.00. The Morgan fingerprint density at radius 2 is 1.71 bits per heavy atom. The van der Waals surface area contributed by atoms with Crippen LogP contribution in [0, 0.1) is 0 Å². The van der Waals surface area contributed by atoms with Crippen molar-refractivity contribution in [3.8, 4) is 16.9 Å². The Bertz CT molecular complexity index is 1870. The van der Waals surface area contributed by atoms with Crippen LogP contribution in [-0.4, -0.2) is 37.9 Å². The lowest BCUT2D eigenvalue weighted by Crippen LogP contribution is -2.47. The SMILES string of the molecule is O=C(NC(Cc1c[nH]c2ccccc12)C(=O)NCc1ccccn1)c1cccc(-c2cc(O)c3ncccc3c2)c1. The lowest BCUT2D eigenvalue weighted by Gasteiger charge is -2.19. The number of aromatic nitrogens is 3. The van der Waals surface area contributed by atoms with Crippen molar-refractivity contribution in [2.75, 3.05) is 0 Å². The van der Waals surface area contributed by atoms with E-state index in [0.29, 0.717) is 17.5 Å². The van der Waals surface area contributed by atoms with E-state index in [1.165, 1.54) is 0 Å². The van der Waals surface area contributed by atoms with Crippen molar-refractivity contribution < 1.29 is 14.7 Å². The van der Waals surface area contributed by atoms with Gasteiger partial charge >= 0.3 is 0 Å². The summed E-state index contributed by atoms with van der Waals surface area (Å²) in [6.07, 6.45) is 5.48. The number of phenolic OH excluding ortho intramolecular Hbond substituents is 1. The third kappa shape index (κ3) is 5.62. The minimum atomic E-state index is -0.829. The van der Waals surface area contributed by atoms with Crippen molar-refractivity contribution >= 4 is 33.6 Å². The summed E-state index contributed by atoms with van der Waals surface area (Å²) in [5, 5.41) is 18.2. The summed E-state index contributed by atoms with van der Waals surface area (Å²) in [5.41, 5.74) is 5.03. The summed E-state index contributed by atoms with van der Waals surface area (Å²) in [6, 6.07) is 26.9. The number of aromatic hydroxyl groups is 1. The minimum absolute atomic E-state index is 0.0660. The first-order valence-electron chi connectivity index (χ1n) is 13.3. The number of hydrogen-bond acceptors (Lipinski definition) is 5. The fraction of sp³-hybridized carbons (Fsp3) is 0.0909. The molecule has 8 nitrogen and oxygen atoms in total. The van der Waals surface area contributed by atoms with Crippen molar-refractivity contribution in [2.24, 2.45) is 0 Å². The maximum atomic E-state index is 13.5. The number of phenols is 1. The van der Waals surface area contributed by atoms with Gasteiger partial charge in [0.2, 0.25) is 5.91 Å². The molecule has 0 bridgehead atoms. The highest BCUT2D eigenvalue weighted by molar-refractivity contribution is 5.99. The first kappa shape index (κ1) is 25.8. The number of benzene rings is 3. The zero-order chi connectivity index (χ0) is 28.2. The quantitative estimate of drug-likeness (QED) is 0.213. The Balaban J connectivity index is 1.26. The second kappa shape index (κ2) is 11.3. The largest absolute Gasteiger partial charge is 0.506 e. The van der Waals surface area contributed by atoms with Gasteiger partial charge in [-0.2, -0.15) is 0 Å². The van der Waals surface area contributed by atoms with Crippen LogP contribution < -0.4 is 10.6 Å². The third-order valence-electron chi connectivity index (χ3n) is 7.03. The van der Waals surface area contributed by atoms with Crippen molar-refractivity contribution in [2.45, 2.75) is 19.0 Å². The highest BCUT2D eigenvalue weighted by atomic mass is 16.3. The summed E-state index contributed by atoms with van der Waals surface area (Å²) in [5.74, 6) is -0.620. The van der Waals surface area contributed by atoms with Gasteiger partial charge in [0.1, 0.15) is 17.3 Å². The van der Waals surface area contributed by atoms with E-state index in [1.807, 2.05) is 72.9 Å². The molecule has 3 aromatic heterocycles. The number of para-hydroxylation sites is 1. The Kier molecular flexibility index (Phi) is 7.11. The van der Waals surface area contributed by atoms with Crippen molar-refractivity contribution in [1.82, 2.24) is 25.6 Å². The molecule has 0 aliphatic heterocycles. The predicted molar refractivity (Wildman–Crippen MR) is 158 cm³/mol. The monoisotopic (exact) mass is 541 g/mol. The minimum Gasteiger partial charge on any atom is -0.506 e. The van der Waals surface area contributed by atoms with E-state index in [4.69, 9.17) is 0 Å². The molecule has 0 radical (unpaired) electrons. The number of aromatic amines is 1. The van der Waals surface area contributed by atoms with Crippen molar-refractivity contribution in [3.63, 3.8) is 0 Å². The molecule has 6 aromatic rings. The smallest absolute Gasteiger partial charge is 0.251 e. The summed E-state index contributed by atoms with van der Waals surface area (Å²) in [6.45, 7) is 0.246. The third-order valence-corrected chi connectivity index (χ3v) is 7.03. The van der Waals surface area contributed by atoms with Crippen LogP contribution >= 0.6 is 0 Å². The van der Waals surface area contributed by atoms with Gasteiger partial charge in [0.25, 0.3) is 5.91 Å². The van der Waals surface area contributed by atoms with Gasteiger partial charge in [0.05, 0.1) is 12.2 Å². The summed E-state index contributed by atoms with van der Waals surface area (Å²) in [7, 11) is 0. The van der Waals surface area contributed by atoms with E-state index in [1.54, 1.807) is 36.7 Å². The van der Waals surface area contributed by atoms with E-state index in [2.05, 4.69) is 25.6 Å². The number of carbonyl (C=O) groups excluding carboxylic acids is 2. The topological polar surface area (TPSA) is 120 Å². The Labute approximate surface area is 236 Å². The fourth-order valence-corrected chi connectivity index (χ4v) is 4.95. The van der Waals surface area contributed by atoms with Crippen LogP contribution in [0.5, 0.6) is 5.75 Å². The van der Waals surface area contributed by atoms with Gasteiger partial charge in [-0.3, -0.25) is 19.6 Å². The highest BCUT2D eigenvalue weighted by Gasteiger charge is 2.23. The van der Waals surface area contributed by atoms with Gasteiger partial charge in [-0.05, 0) is 65.2 Å². The average molecular weight is 542 g/mol. The Hall–Kier alpha value is -5.50. The zero-order valence-corrected chi connectivity index (χ0v) is 22.0. The normalized spacial score (nSPS) is 11.8. The molecule has 1 unspecified atom stereocenters. The molecule has 1 atom stereocenters. The van der Waals surface area contributed by atoms with E-state index in [0.717, 1.165) is 38.7 Å². The standard InChI is InChI=1S/C33H27N5O3/c39-30-18-24(16-22-9-6-14-35-31(22)30)21-7-5-8-23(15-21)32(40)38-29(33(41)37-20-26-10-3-4-13-34-26)17-25-19-36-28-12-2-1-11-27(25)28/h1-16,18-19,29,36,39H,17,20H2,(H,37,41)(H,38,40). The van der Waals surface area contributed by atoms with Crippen LogP contribution in [0.4, 0.5) is 0 Å². The number of hydrogen-bond donors (Lipinski definition) is 4. The van der Waals surface area contributed by atoms with Gasteiger partial charge in [0.15, 0.2) is 0 Å². The number of pyridine rings is 2. The van der Waals surface area contributed by atoms with Crippen LogP contribution in [0.25, 0.3) is 32.9 Å². The maximum Gasteiger partial charge on any atom is 0.251 e. The molecule has 0 saturated heterocycles. The van der Waals surface area contributed by atoms with Crippen LogP contribution in [0.3, 0.4) is 0 Å². The number of nitrogens with one attached hydrogen (secondary N) is 3. The summed E-state index contributed by atoms with van der Waals surface area (Å²) >= 11 is 0. The van der Waals surface area contributed by atoms with E-state index < -0.39 is 6.04 Å². The zero-order valence-electron chi connectivity index (χ0n) is 22.0. The maximum absolute atomic E-state index is 13.5. The number of carbonyl (C=O) groups is 2. The predicted octanol–water partition coefficient (Wildman–Crippen LogP) is 5.14. The molecule has 0 aliphatic rings. The molecule has 41 heavy (non-hydrogen) atoms. The second-order valence-corrected chi connectivity index (χ2v) is 9.78. The average Bonchev–Trinajstić information content (AvgIpc) is 3.42. The molecule has 6 rings (SSSR count). The molecular formula is C33H27N5O3. The number of fused-ring (bicyclic) bond motifs is 2. The summed E-state index contributed by atoms with van der Waals surface area (Å²) in [4.78, 5) is 38.7. The first-order chi connectivity index (χ1) is 20.0. The van der Waals surface area contributed by atoms with Gasteiger partial charge in [0, 0.05) is 46.9 Å². The fourth-order valence-electron chi connectivity index (χ4n) is 4.95. The van der Waals surface area contributed by atoms with Crippen LogP contribution in [0.2, 0.25) is 0 Å². The van der Waals surface area contributed by atoms with E-state index in [-0.39, 0.29) is 24.1 Å². The molecular weight excluding hydrogens is 514 g/mol. The molecule has 202 valence electrons. The molecule has 3 heterocycles. The molecule has 3 aromatic carbocycles. The molecule has 8 heteroatoms. The summed E-state index contributed by atoms with van der Waals surface area (Å²) < 4.78 is 0. The van der Waals surface area contributed by atoms with Crippen molar-refractivity contribution in [1.29, 1.82) is 0 Å². The lowest BCUT2D eigenvalue weighted by molar-refractivity contribution is -0.123. The molecule has 0 saturated carbocycles. The Morgan fingerprint density at radius 3 is 2.59 bits per heavy atom. The number of amides is 2. The van der Waals surface area contributed by atoms with Crippen LogP contribution in [0.1, 0.15) is 21.6 Å². The molecule has 0 fully saturated rings. The van der Waals surface area contributed by atoms with Gasteiger partial charge in [-0.25, -0.2) is 0 Å². The van der Waals surface area contributed by atoms with E-state index in [9.17, 15) is 14.7 Å². The number of rotatable bonds is 8. The van der Waals surface area contributed by atoms with Crippen LogP contribution in [0.15, 0.2) is 110 Å². The van der Waals surface area contributed by atoms with Gasteiger partial charge in [-0.15, -0.1) is 0 Å². The highest BCUT2D eigenvalue weighted by Crippen LogP contribution is 2.31. The second-order valence-electron chi connectivity index (χ2n) is 9.78. The van der Waals surface area contributed by atoms with Crippen molar-refractivity contribution in [3.05, 3.63) is 126 Å². The number of nitrogens with zero attached hydrogens (tertiary/aromatic N) is 2. The van der Waals surface area contributed by atoms with Crippen LogP contribution in [-0.2, 0) is 17.8 Å². The van der Waals surface area contributed by atoms with E-state index >= 15 is 0 Å². The first-order valence-corrected chi connectivity index (χ1v) is 13.3. The molecule has 0 aliphatic carbocycles. The molecule has 0 spiro atoms.